The van der Waals surface area contributed by atoms with Gasteiger partial charge in [0.2, 0.25) is 0 Å². The zero-order valence-electron chi connectivity index (χ0n) is 7.18. The maximum atomic E-state index is 3.99. The van der Waals surface area contributed by atoms with Gasteiger partial charge in [-0.1, -0.05) is 22.5 Å². The molecule has 0 atom stereocenters. The molecule has 7 heteroatoms. The monoisotopic (exact) mass is 254 g/mol. The highest BCUT2D eigenvalue weighted by atomic mass is 79.9. The minimum atomic E-state index is 0.598. The lowest BCUT2D eigenvalue weighted by atomic mass is 10.5. The smallest absolute Gasteiger partial charge is 0.199 e. The Kier molecular flexibility index (Phi) is 2.40. The van der Waals surface area contributed by atoms with Gasteiger partial charge in [0.05, 0.1) is 12.4 Å². The summed E-state index contributed by atoms with van der Waals surface area (Å²) in [6.07, 6.45) is 3.24. The number of nitrogens with zero attached hydrogens (tertiary/aromatic N) is 5. The number of halogens is 1. The first-order valence-corrected chi connectivity index (χ1v) is 4.66. The fourth-order valence-electron chi connectivity index (χ4n) is 0.982. The number of nitrogens with one attached hydrogen (secondary N) is 1. The van der Waals surface area contributed by atoms with E-state index in [1.54, 1.807) is 16.9 Å². The molecule has 0 aliphatic heterocycles. The first-order chi connectivity index (χ1) is 6.77. The van der Waals surface area contributed by atoms with Gasteiger partial charge in [-0.2, -0.15) is 4.52 Å². The fraction of sp³-hybridized carbons (Fsp3) is 0.143. The Balaban J connectivity index is 2.32. The highest BCUT2D eigenvalue weighted by Gasteiger charge is 2.02. The normalized spacial score (nSPS) is 10.4. The van der Waals surface area contributed by atoms with Gasteiger partial charge in [0.15, 0.2) is 11.5 Å². The third kappa shape index (κ3) is 1.72. The maximum Gasteiger partial charge on any atom is 0.199 e. The van der Waals surface area contributed by atoms with Crippen molar-refractivity contribution < 1.29 is 0 Å². The molecule has 0 aromatic carbocycles. The zero-order chi connectivity index (χ0) is 9.97. The Morgan fingerprint density at radius 1 is 1.57 bits per heavy atom. The van der Waals surface area contributed by atoms with Gasteiger partial charge in [-0.15, -0.1) is 5.10 Å². The van der Waals surface area contributed by atoms with Crippen LogP contribution in [0.3, 0.4) is 0 Å². The van der Waals surface area contributed by atoms with Crippen molar-refractivity contribution in [3.63, 3.8) is 0 Å². The molecule has 0 fully saturated rings. The quantitative estimate of drug-likeness (QED) is 0.880. The van der Waals surface area contributed by atoms with Crippen LogP contribution in [-0.2, 0) is 0 Å². The van der Waals surface area contributed by atoms with Crippen LogP contribution in [0, 0.1) is 0 Å². The van der Waals surface area contributed by atoms with E-state index in [4.69, 9.17) is 0 Å². The van der Waals surface area contributed by atoms with E-state index in [0.717, 1.165) is 10.3 Å². The lowest BCUT2D eigenvalue weighted by molar-refractivity contribution is 0.822. The third-order valence-corrected chi connectivity index (χ3v) is 1.85. The summed E-state index contributed by atoms with van der Waals surface area (Å²) in [5.74, 6) is 0.730. The second kappa shape index (κ2) is 3.70. The Labute approximate surface area is 88.2 Å². The van der Waals surface area contributed by atoms with E-state index in [1.165, 1.54) is 0 Å². The molecule has 0 spiro atoms. The molecule has 1 N–H and O–H groups in total. The SMILES string of the molecule is C=C(Br)CNc1cncc2nnnn12. The number of rotatable bonds is 3. The van der Waals surface area contributed by atoms with E-state index < -0.39 is 0 Å². The largest absolute Gasteiger partial charge is 0.364 e. The Bertz CT molecular complexity index is 464. The van der Waals surface area contributed by atoms with Gasteiger partial charge in [-0.25, -0.2) is 0 Å². The molecule has 2 rings (SSSR count). The number of anilines is 1. The topological polar surface area (TPSA) is 68.0 Å². The molecule has 2 heterocycles. The van der Waals surface area contributed by atoms with E-state index >= 15 is 0 Å². The minimum Gasteiger partial charge on any atom is -0.364 e. The maximum absolute atomic E-state index is 3.99. The predicted octanol–water partition coefficient (Wildman–Crippen LogP) is 0.840. The molecule has 0 aliphatic rings. The van der Waals surface area contributed by atoms with E-state index in [9.17, 15) is 0 Å². The average molecular weight is 255 g/mol. The van der Waals surface area contributed by atoms with Crippen LogP contribution in [0.15, 0.2) is 23.5 Å². The molecule has 0 aliphatic carbocycles. The van der Waals surface area contributed by atoms with Crippen LogP contribution in [0.2, 0.25) is 0 Å². The van der Waals surface area contributed by atoms with Crippen molar-refractivity contribution >= 4 is 27.4 Å². The van der Waals surface area contributed by atoms with Crippen molar-refractivity contribution in [3.8, 4) is 0 Å². The summed E-state index contributed by atoms with van der Waals surface area (Å²) in [7, 11) is 0. The Hall–Kier alpha value is -1.50. The Morgan fingerprint density at radius 2 is 2.43 bits per heavy atom. The van der Waals surface area contributed by atoms with Crippen LogP contribution in [0.25, 0.3) is 5.65 Å². The molecule has 2 aromatic rings. The van der Waals surface area contributed by atoms with E-state index in [0.29, 0.717) is 12.2 Å². The molecular formula is C7H7BrN6. The lowest BCUT2D eigenvalue weighted by Gasteiger charge is -2.04. The molecule has 0 saturated heterocycles. The highest BCUT2D eigenvalue weighted by molar-refractivity contribution is 9.11. The lowest BCUT2D eigenvalue weighted by Crippen LogP contribution is -2.06. The summed E-state index contributed by atoms with van der Waals surface area (Å²) in [4.78, 5) is 3.99. The molecule has 72 valence electrons. The molecule has 0 saturated carbocycles. The molecule has 0 radical (unpaired) electrons. The minimum absolute atomic E-state index is 0.598. The van der Waals surface area contributed by atoms with Gasteiger partial charge >= 0.3 is 0 Å². The van der Waals surface area contributed by atoms with E-state index in [1.807, 2.05) is 0 Å². The number of tetrazole rings is 1. The van der Waals surface area contributed by atoms with Crippen molar-refractivity contribution in [2.45, 2.75) is 0 Å². The highest BCUT2D eigenvalue weighted by Crippen LogP contribution is 2.07. The summed E-state index contributed by atoms with van der Waals surface area (Å²) in [6.45, 7) is 4.31. The van der Waals surface area contributed by atoms with Gasteiger partial charge in [0.1, 0.15) is 0 Å². The fourth-order valence-corrected chi connectivity index (χ4v) is 1.12. The van der Waals surface area contributed by atoms with Crippen molar-refractivity contribution in [3.05, 3.63) is 23.5 Å². The van der Waals surface area contributed by atoms with Crippen molar-refractivity contribution in [2.24, 2.45) is 0 Å². The second-order valence-electron chi connectivity index (χ2n) is 2.61. The number of aromatic nitrogens is 5. The molecular weight excluding hydrogens is 248 g/mol. The van der Waals surface area contributed by atoms with Gasteiger partial charge < -0.3 is 5.32 Å². The van der Waals surface area contributed by atoms with E-state index in [2.05, 4.69) is 48.3 Å². The number of fused-ring (bicyclic) bond motifs is 1. The summed E-state index contributed by atoms with van der Waals surface area (Å²) in [5.41, 5.74) is 0.607. The number of hydrogen-bond donors (Lipinski definition) is 1. The predicted molar refractivity (Wildman–Crippen MR) is 55.1 cm³/mol. The van der Waals surface area contributed by atoms with Gasteiger partial charge in [0, 0.05) is 11.0 Å². The average Bonchev–Trinajstić information content (AvgIpc) is 2.62. The van der Waals surface area contributed by atoms with Crippen molar-refractivity contribution in [1.29, 1.82) is 0 Å². The summed E-state index contributed by atoms with van der Waals surface area (Å²) in [5, 5.41) is 14.2. The number of hydrogen-bond acceptors (Lipinski definition) is 5. The van der Waals surface area contributed by atoms with Crippen molar-refractivity contribution in [2.75, 3.05) is 11.9 Å². The van der Waals surface area contributed by atoms with Crippen LogP contribution < -0.4 is 5.32 Å². The molecule has 14 heavy (non-hydrogen) atoms. The summed E-state index contributed by atoms with van der Waals surface area (Å²) < 4.78 is 2.42. The Morgan fingerprint density at radius 3 is 3.21 bits per heavy atom. The van der Waals surface area contributed by atoms with Gasteiger partial charge in [-0.05, 0) is 10.4 Å². The molecule has 6 nitrogen and oxygen atoms in total. The van der Waals surface area contributed by atoms with Crippen LogP contribution in [-0.4, -0.2) is 31.6 Å². The van der Waals surface area contributed by atoms with Crippen LogP contribution in [0.5, 0.6) is 0 Å². The van der Waals surface area contributed by atoms with E-state index in [-0.39, 0.29) is 0 Å². The van der Waals surface area contributed by atoms with Gasteiger partial charge in [-0.3, -0.25) is 4.98 Å². The molecule has 0 amide bonds. The molecule has 0 bridgehead atoms. The summed E-state index contributed by atoms with van der Waals surface area (Å²) >= 11 is 3.25. The zero-order valence-corrected chi connectivity index (χ0v) is 8.77. The first-order valence-electron chi connectivity index (χ1n) is 3.86. The van der Waals surface area contributed by atoms with Crippen molar-refractivity contribution in [1.82, 2.24) is 25.0 Å². The standard InChI is InChI=1S/C7H7BrN6/c1-5(8)2-10-6-3-9-4-7-11-12-13-14(6)7/h3-4,10H,1-2H2. The second-order valence-corrected chi connectivity index (χ2v) is 3.73. The summed E-state index contributed by atoms with van der Waals surface area (Å²) in [6, 6.07) is 0. The van der Waals surface area contributed by atoms with Crippen LogP contribution in [0.4, 0.5) is 5.82 Å². The third-order valence-electron chi connectivity index (χ3n) is 1.57. The van der Waals surface area contributed by atoms with Crippen LogP contribution in [0.1, 0.15) is 0 Å². The van der Waals surface area contributed by atoms with Gasteiger partial charge in [0.25, 0.3) is 0 Å². The molecule has 0 unspecified atom stereocenters. The van der Waals surface area contributed by atoms with Crippen LogP contribution >= 0.6 is 15.9 Å². The first kappa shape index (κ1) is 9.07. The molecule has 2 aromatic heterocycles.